The maximum atomic E-state index is 13.5. The molecule has 1 amide bonds. The largest absolute Gasteiger partial charge is 0.497 e. The van der Waals surface area contributed by atoms with Crippen LogP contribution in [0.1, 0.15) is 12.0 Å². The molecule has 2 unspecified atom stereocenters. The number of alkyl halides is 3. The molecule has 1 heterocycles. The summed E-state index contributed by atoms with van der Waals surface area (Å²) < 4.78 is 77.6. The van der Waals surface area contributed by atoms with Gasteiger partial charge in [0.1, 0.15) is 23.6 Å². The predicted octanol–water partition coefficient (Wildman–Crippen LogP) is 4.56. The minimum Gasteiger partial charge on any atom is -0.497 e. The second-order valence-electron chi connectivity index (χ2n) is 8.12. The van der Waals surface area contributed by atoms with E-state index >= 15 is 0 Å². The number of carbonyl (C=O) groups excluding carboxylic acids is 1. The fourth-order valence-electron chi connectivity index (χ4n) is 3.90. The third kappa shape index (κ3) is 5.63. The van der Waals surface area contributed by atoms with E-state index in [1.165, 1.54) is 31.4 Å². The molecule has 190 valence electrons. The highest BCUT2D eigenvalue weighted by Gasteiger charge is 2.45. The van der Waals surface area contributed by atoms with Crippen molar-refractivity contribution in [3.8, 4) is 11.5 Å². The number of nitrogens with zero attached hydrogens (tertiary/aromatic N) is 1. The van der Waals surface area contributed by atoms with Crippen LogP contribution in [0.5, 0.6) is 11.5 Å². The number of amides is 1. The molecule has 11 heteroatoms. The normalized spacial score (nSPS) is 18.6. The molecule has 0 saturated carbocycles. The molecule has 1 N–H and O–H groups in total. The van der Waals surface area contributed by atoms with Gasteiger partial charge in [-0.25, -0.2) is 8.42 Å². The van der Waals surface area contributed by atoms with E-state index < -0.39 is 39.8 Å². The number of sulfonamides is 1. The molecule has 3 aromatic carbocycles. The van der Waals surface area contributed by atoms with Crippen LogP contribution < -0.4 is 14.8 Å². The first kappa shape index (κ1) is 25.5. The number of hydrogen-bond donors (Lipinski definition) is 1. The smallest absolute Gasteiger partial charge is 0.416 e. The molecule has 2 atom stereocenters. The zero-order valence-electron chi connectivity index (χ0n) is 19.1. The Kier molecular flexibility index (Phi) is 7.23. The van der Waals surface area contributed by atoms with Gasteiger partial charge in [0.15, 0.2) is 0 Å². The maximum Gasteiger partial charge on any atom is 0.416 e. The molecule has 0 aliphatic carbocycles. The summed E-state index contributed by atoms with van der Waals surface area (Å²) in [5.41, 5.74) is -0.747. The van der Waals surface area contributed by atoms with Crippen LogP contribution in [0.15, 0.2) is 83.8 Å². The van der Waals surface area contributed by atoms with E-state index in [0.29, 0.717) is 11.5 Å². The Morgan fingerprint density at radius 2 is 1.58 bits per heavy atom. The highest BCUT2D eigenvalue weighted by atomic mass is 32.2. The van der Waals surface area contributed by atoms with Crippen molar-refractivity contribution in [3.63, 3.8) is 0 Å². The Balaban J connectivity index is 1.59. The van der Waals surface area contributed by atoms with Crippen LogP contribution >= 0.6 is 0 Å². The number of para-hydroxylation sites is 1. The first-order chi connectivity index (χ1) is 17.1. The van der Waals surface area contributed by atoms with Crippen LogP contribution in [0.25, 0.3) is 0 Å². The number of methoxy groups -OCH3 is 1. The van der Waals surface area contributed by atoms with E-state index in [4.69, 9.17) is 9.47 Å². The van der Waals surface area contributed by atoms with E-state index in [1.807, 2.05) is 6.07 Å². The Morgan fingerprint density at radius 3 is 2.17 bits per heavy atom. The van der Waals surface area contributed by atoms with Crippen LogP contribution in [0, 0.1) is 0 Å². The van der Waals surface area contributed by atoms with Gasteiger partial charge in [0, 0.05) is 12.1 Å². The minimum absolute atomic E-state index is 0.0315. The van der Waals surface area contributed by atoms with Gasteiger partial charge < -0.3 is 14.8 Å². The molecule has 3 aromatic rings. The number of benzene rings is 3. The van der Waals surface area contributed by atoms with Gasteiger partial charge >= 0.3 is 6.18 Å². The summed E-state index contributed by atoms with van der Waals surface area (Å²) in [6.45, 7) is -0.0889. The number of ether oxygens (including phenoxy) is 2. The fraction of sp³-hybridized carbons (Fsp3) is 0.240. The number of rotatable bonds is 7. The molecule has 1 fully saturated rings. The van der Waals surface area contributed by atoms with Gasteiger partial charge in [-0.2, -0.15) is 17.5 Å². The van der Waals surface area contributed by atoms with Crippen molar-refractivity contribution in [3.05, 3.63) is 84.4 Å². The highest BCUT2D eigenvalue weighted by molar-refractivity contribution is 7.89. The third-order valence-corrected chi connectivity index (χ3v) is 7.60. The molecule has 7 nitrogen and oxygen atoms in total. The highest BCUT2D eigenvalue weighted by Crippen LogP contribution is 2.32. The summed E-state index contributed by atoms with van der Waals surface area (Å²) in [5, 5.41) is 2.53. The molecule has 36 heavy (non-hydrogen) atoms. The molecular formula is C25H23F3N2O5S. The standard InChI is InChI=1S/C25H23F3N2O5S/c1-34-19-11-13-22(14-12-19)36(32,33)30-16-21(35-20-5-3-2-4-6-20)15-23(30)24(31)29-18-9-7-17(8-10-18)25(26,27)28/h2-14,21,23H,15-16H2,1H3,(H,29,31). The summed E-state index contributed by atoms with van der Waals surface area (Å²) in [6.07, 6.45) is -5.08. The summed E-state index contributed by atoms with van der Waals surface area (Å²) in [7, 11) is -2.66. The monoisotopic (exact) mass is 520 g/mol. The first-order valence-corrected chi connectivity index (χ1v) is 12.4. The van der Waals surface area contributed by atoms with E-state index in [0.717, 1.165) is 28.6 Å². The topological polar surface area (TPSA) is 84.9 Å². The van der Waals surface area contributed by atoms with Crippen molar-refractivity contribution in [1.29, 1.82) is 0 Å². The molecule has 0 bridgehead atoms. The number of anilines is 1. The number of carbonyl (C=O) groups is 1. The summed E-state index contributed by atoms with van der Waals surface area (Å²) in [4.78, 5) is 13.1. The molecule has 0 aromatic heterocycles. The van der Waals surface area contributed by atoms with E-state index in [9.17, 15) is 26.4 Å². The molecule has 1 aliphatic rings. The Morgan fingerprint density at radius 1 is 0.944 bits per heavy atom. The van der Waals surface area contributed by atoms with Gasteiger partial charge in [-0.05, 0) is 60.7 Å². The quantitative estimate of drug-likeness (QED) is 0.494. The average molecular weight is 521 g/mol. The maximum absolute atomic E-state index is 13.5. The summed E-state index contributed by atoms with van der Waals surface area (Å²) >= 11 is 0. The van der Waals surface area contributed by atoms with Gasteiger partial charge in [0.2, 0.25) is 15.9 Å². The summed E-state index contributed by atoms with van der Waals surface area (Å²) in [6, 6.07) is 17.3. The van der Waals surface area contributed by atoms with Crippen molar-refractivity contribution in [2.24, 2.45) is 0 Å². The Bertz CT molecular complexity index is 1300. The first-order valence-electron chi connectivity index (χ1n) is 10.9. The van der Waals surface area contributed by atoms with E-state index in [2.05, 4.69) is 5.32 Å². The zero-order chi connectivity index (χ0) is 25.9. The lowest BCUT2D eigenvalue weighted by molar-refractivity contribution is -0.137. The van der Waals surface area contributed by atoms with E-state index in [1.54, 1.807) is 24.3 Å². The van der Waals surface area contributed by atoms with Gasteiger partial charge in [0.05, 0.1) is 24.1 Å². The van der Waals surface area contributed by atoms with Gasteiger partial charge in [-0.1, -0.05) is 18.2 Å². The van der Waals surface area contributed by atoms with Crippen LogP contribution in [0.3, 0.4) is 0 Å². The van der Waals surface area contributed by atoms with Crippen LogP contribution in [0.2, 0.25) is 0 Å². The van der Waals surface area contributed by atoms with Gasteiger partial charge in [-0.15, -0.1) is 0 Å². The molecule has 0 spiro atoms. The molecule has 1 aliphatic heterocycles. The van der Waals surface area contributed by atoms with Crippen molar-refractivity contribution in [2.45, 2.75) is 29.6 Å². The van der Waals surface area contributed by atoms with Crippen molar-refractivity contribution >= 4 is 21.6 Å². The van der Waals surface area contributed by atoms with Crippen molar-refractivity contribution in [1.82, 2.24) is 4.31 Å². The van der Waals surface area contributed by atoms with Gasteiger partial charge in [0.25, 0.3) is 0 Å². The lowest BCUT2D eigenvalue weighted by Gasteiger charge is -2.23. The Hall–Kier alpha value is -3.57. The second-order valence-corrected chi connectivity index (χ2v) is 10.0. The fourth-order valence-corrected chi connectivity index (χ4v) is 5.53. The lowest BCUT2D eigenvalue weighted by atomic mass is 10.1. The molecule has 0 radical (unpaired) electrons. The molecule has 4 rings (SSSR count). The Labute approximate surface area is 206 Å². The average Bonchev–Trinajstić information content (AvgIpc) is 3.29. The number of hydrogen-bond acceptors (Lipinski definition) is 5. The SMILES string of the molecule is COc1ccc(S(=O)(=O)N2CC(Oc3ccccc3)CC2C(=O)Nc2ccc(C(F)(F)F)cc2)cc1. The third-order valence-electron chi connectivity index (χ3n) is 5.71. The van der Waals surface area contributed by atoms with Gasteiger partial charge in [-0.3, -0.25) is 4.79 Å². The predicted molar refractivity (Wildman–Crippen MR) is 126 cm³/mol. The van der Waals surface area contributed by atoms with Crippen LogP contribution in [0.4, 0.5) is 18.9 Å². The van der Waals surface area contributed by atoms with Crippen molar-refractivity contribution < 1.29 is 35.9 Å². The minimum atomic E-state index is -4.51. The summed E-state index contributed by atoms with van der Waals surface area (Å²) in [5.74, 6) is 0.316. The zero-order valence-corrected chi connectivity index (χ0v) is 19.9. The van der Waals surface area contributed by atoms with Crippen LogP contribution in [-0.2, 0) is 21.0 Å². The second kappa shape index (κ2) is 10.2. The number of nitrogens with one attached hydrogen (secondary N) is 1. The molecule has 1 saturated heterocycles. The van der Waals surface area contributed by atoms with Crippen LogP contribution in [-0.4, -0.2) is 44.4 Å². The lowest BCUT2D eigenvalue weighted by Crippen LogP contribution is -2.43. The van der Waals surface area contributed by atoms with E-state index in [-0.39, 0.29) is 23.5 Å². The number of halogens is 3. The molecular weight excluding hydrogens is 497 g/mol. The van der Waals surface area contributed by atoms with Crippen molar-refractivity contribution in [2.75, 3.05) is 19.0 Å².